The van der Waals surface area contributed by atoms with Crippen molar-refractivity contribution < 1.29 is 14.4 Å². The van der Waals surface area contributed by atoms with Gasteiger partial charge in [0.1, 0.15) is 0 Å². The van der Waals surface area contributed by atoms with Crippen LogP contribution in [0.15, 0.2) is 54.6 Å². The summed E-state index contributed by atoms with van der Waals surface area (Å²) in [6.45, 7) is 1.99. The standard InChI is InChI=1S/C21H21N3O3/c1-14-2-4-15(5-3-14)6-13-19(25)23-24-21(27)17-9-11-18(12-10-17)22-20(26)16-7-8-16/h2-6,9-13,16H,7-8H2,1H3,(H,22,26)(H,23,25)(H,24,27)/b13-6+. The van der Waals surface area contributed by atoms with Gasteiger partial charge in [0.05, 0.1) is 0 Å². The zero-order valence-corrected chi connectivity index (χ0v) is 15.0. The molecule has 0 heterocycles. The quantitative estimate of drug-likeness (QED) is 0.564. The number of carbonyl (C=O) groups is 3. The molecular formula is C21H21N3O3. The molecule has 0 saturated heterocycles. The Morgan fingerprint density at radius 2 is 1.59 bits per heavy atom. The highest BCUT2D eigenvalue weighted by Crippen LogP contribution is 2.30. The van der Waals surface area contributed by atoms with Gasteiger partial charge in [-0.05, 0) is 55.7 Å². The first-order valence-electron chi connectivity index (χ1n) is 8.77. The molecule has 1 fully saturated rings. The van der Waals surface area contributed by atoms with Gasteiger partial charge >= 0.3 is 0 Å². The highest BCUT2D eigenvalue weighted by Gasteiger charge is 2.29. The molecule has 0 atom stereocenters. The third-order valence-electron chi connectivity index (χ3n) is 4.17. The maximum atomic E-state index is 12.1. The van der Waals surface area contributed by atoms with Crippen molar-refractivity contribution in [2.24, 2.45) is 5.92 Å². The number of hydrogen-bond acceptors (Lipinski definition) is 3. The Bertz CT molecular complexity index is 867. The lowest BCUT2D eigenvalue weighted by Crippen LogP contribution is -2.40. The Morgan fingerprint density at radius 1 is 0.926 bits per heavy atom. The predicted molar refractivity (Wildman–Crippen MR) is 104 cm³/mol. The van der Waals surface area contributed by atoms with Gasteiger partial charge in [-0.2, -0.15) is 0 Å². The number of hydrogen-bond donors (Lipinski definition) is 3. The van der Waals surface area contributed by atoms with Crippen LogP contribution >= 0.6 is 0 Å². The first kappa shape index (κ1) is 18.4. The first-order chi connectivity index (χ1) is 13.0. The Kier molecular flexibility index (Phi) is 5.66. The maximum absolute atomic E-state index is 12.1. The zero-order valence-electron chi connectivity index (χ0n) is 15.0. The number of anilines is 1. The molecule has 3 rings (SSSR count). The van der Waals surface area contributed by atoms with E-state index in [0.29, 0.717) is 11.3 Å². The van der Waals surface area contributed by atoms with Crippen molar-refractivity contribution in [2.75, 3.05) is 5.32 Å². The Hall–Kier alpha value is -3.41. The Morgan fingerprint density at radius 3 is 2.22 bits per heavy atom. The molecule has 0 aliphatic heterocycles. The van der Waals surface area contributed by atoms with E-state index in [2.05, 4.69) is 16.2 Å². The van der Waals surface area contributed by atoms with Crippen LogP contribution in [0.1, 0.15) is 34.3 Å². The van der Waals surface area contributed by atoms with Gasteiger partial charge in [-0.25, -0.2) is 0 Å². The summed E-state index contributed by atoms with van der Waals surface area (Å²) in [5.74, 6) is -0.736. The summed E-state index contributed by atoms with van der Waals surface area (Å²) in [6.07, 6.45) is 4.88. The van der Waals surface area contributed by atoms with E-state index < -0.39 is 11.8 Å². The van der Waals surface area contributed by atoms with Gasteiger partial charge in [0.15, 0.2) is 0 Å². The van der Waals surface area contributed by atoms with E-state index in [1.165, 1.54) is 6.08 Å². The first-order valence-corrected chi connectivity index (χ1v) is 8.77. The number of amides is 3. The Balaban J connectivity index is 1.47. The predicted octanol–water partition coefficient (Wildman–Crippen LogP) is 2.82. The Labute approximate surface area is 157 Å². The molecule has 0 bridgehead atoms. The minimum atomic E-state index is -0.438. The summed E-state index contributed by atoms with van der Waals surface area (Å²) >= 11 is 0. The molecule has 1 saturated carbocycles. The second kappa shape index (κ2) is 8.31. The summed E-state index contributed by atoms with van der Waals surface area (Å²) < 4.78 is 0. The molecule has 0 spiro atoms. The molecule has 27 heavy (non-hydrogen) atoms. The molecule has 6 nitrogen and oxygen atoms in total. The van der Waals surface area contributed by atoms with Crippen molar-refractivity contribution in [3.63, 3.8) is 0 Å². The van der Waals surface area contributed by atoms with Crippen LogP contribution in [0.5, 0.6) is 0 Å². The molecule has 0 aromatic heterocycles. The van der Waals surface area contributed by atoms with Gasteiger partial charge in [0, 0.05) is 23.2 Å². The van der Waals surface area contributed by atoms with E-state index in [9.17, 15) is 14.4 Å². The molecule has 2 aromatic carbocycles. The van der Waals surface area contributed by atoms with Crippen LogP contribution in [0.3, 0.4) is 0 Å². The summed E-state index contributed by atoms with van der Waals surface area (Å²) in [4.78, 5) is 35.6. The fourth-order valence-electron chi connectivity index (χ4n) is 2.38. The van der Waals surface area contributed by atoms with Gasteiger partial charge < -0.3 is 5.32 Å². The second-order valence-electron chi connectivity index (χ2n) is 6.53. The van der Waals surface area contributed by atoms with Crippen LogP contribution in [-0.4, -0.2) is 17.7 Å². The normalized spacial score (nSPS) is 13.2. The van der Waals surface area contributed by atoms with E-state index in [-0.39, 0.29) is 11.8 Å². The minimum Gasteiger partial charge on any atom is -0.326 e. The summed E-state index contributed by atoms with van der Waals surface area (Å²) in [5.41, 5.74) is 7.75. The number of benzene rings is 2. The van der Waals surface area contributed by atoms with Gasteiger partial charge in [-0.1, -0.05) is 29.8 Å². The van der Waals surface area contributed by atoms with Crippen molar-refractivity contribution >= 4 is 29.5 Å². The van der Waals surface area contributed by atoms with E-state index >= 15 is 0 Å². The van der Waals surface area contributed by atoms with Gasteiger partial charge in [0.2, 0.25) is 5.91 Å². The third-order valence-corrected chi connectivity index (χ3v) is 4.17. The summed E-state index contributed by atoms with van der Waals surface area (Å²) in [7, 11) is 0. The molecule has 0 radical (unpaired) electrons. The van der Waals surface area contributed by atoms with Crippen LogP contribution in [0, 0.1) is 12.8 Å². The average Bonchev–Trinajstić information content (AvgIpc) is 3.51. The molecule has 3 N–H and O–H groups in total. The summed E-state index contributed by atoms with van der Waals surface area (Å²) in [6, 6.07) is 14.2. The lowest BCUT2D eigenvalue weighted by Gasteiger charge is -2.07. The van der Waals surface area contributed by atoms with E-state index in [1.807, 2.05) is 31.2 Å². The fourth-order valence-corrected chi connectivity index (χ4v) is 2.38. The molecular weight excluding hydrogens is 342 g/mol. The van der Waals surface area contributed by atoms with Crippen molar-refractivity contribution in [3.8, 4) is 0 Å². The number of aryl methyl sites for hydroxylation is 1. The second-order valence-corrected chi connectivity index (χ2v) is 6.53. The van der Waals surface area contributed by atoms with E-state index in [0.717, 1.165) is 24.0 Å². The average molecular weight is 363 g/mol. The number of nitrogens with one attached hydrogen (secondary N) is 3. The SMILES string of the molecule is Cc1ccc(/C=C/C(=O)NNC(=O)c2ccc(NC(=O)C3CC3)cc2)cc1. The van der Waals surface area contributed by atoms with Gasteiger partial charge in [0.25, 0.3) is 11.8 Å². The molecule has 6 heteroatoms. The van der Waals surface area contributed by atoms with E-state index in [4.69, 9.17) is 0 Å². The molecule has 2 aromatic rings. The van der Waals surface area contributed by atoms with Crippen LogP contribution < -0.4 is 16.2 Å². The smallest absolute Gasteiger partial charge is 0.269 e. The monoisotopic (exact) mass is 363 g/mol. The van der Waals surface area contributed by atoms with Gasteiger partial charge in [-0.3, -0.25) is 25.2 Å². The van der Waals surface area contributed by atoms with Crippen LogP contribution in [-0.2, 0) is 9.59 Å². The fraction of sp³-hybridized carbons (Fsp3) is 0.190. The lowest BCUT2D eigenvalue weighted by atomic mass is 10.1. The number of rotatable bonds is 5. The zero-order chi connectivity index (χ0) is 19.2. The van der Waals surface area contributed by atoms with Crippen LogP contribution in [0.4, 0.5) is 5.69 Å². The molecule has 1 aliphatic carbocycles. The topological polar surface area (TPSA) is 87.3 Å². The largest absolute Gasteiger partial charge is 0.326 e. The highest BCUT2D eigenvalue weighted by molar-refractivity contribution is 5.99. The molecule has 1 aliphatic rings. The van der Waals surface area contributed by atoms with Crippen LogP contribution in [0.25, 0.3) is 6.08 Å². The van der Waals surface area contributed by atoms with E-state index in [1.54, 1.807) is 30.3 Å². The van der Waals surface area contributed by atoms with Crippen molar-refractivity contribution in [1.29, 1.82) is 0 Å². The maximum Gasteiger partial charge on any atom is 0.269 e. The molecule has 0 unspecified atom stereocenters. The molecule has 3 amide bonds. The lowest BCUT2D eigenvalue weighted by molar-refractivity contribution is -0.118. The van der Waals surface area contributed by atoms with Gasteiger partial charge in [-0.15, -0.1) is 0 Å². The highest BCUT2D eigenvalue weighted by atomic mass is 16.2. The van der Waals surface area contributed by atoms with Crippen molar-refractivity contribution in [3.05, 3.63) is 71.3 Å². The third kappa shape index (κ3) is 5.54. The number of hydrazine groups is 1. The molecule has 138 valence electrons. The van der Waals surface area contributed by atoms with Crippen LogP contribution in [0.2, 0.25) is 0 Å². The van der Waals surface area contributed by atoms with Crippen molar-refractivity contribution in [1.82, 2.24) is 10.9 Å². The van der Waals surface area contributed by atoms with Crippen molar-refractivity contribution in [2.45, 2.75) is 19.8 Å². The summed E-state index contributed by atoms with van der Waals surface area (Å²) in [5, 5.41) is 2.81. The number of carbonyl (C=O) groups excluding carboxylic acids is 3. The minimum absolute atomic E-state index is 0.0137.